The number of halogens is 1. The molecular weight excluding hydrogens is 377 g/mol. The van der Waals surface area contributed by atoms with Gasteiger partial charge >= 0.3 is 5.97 Å². The molecule has 1 aromatic heterocycles. The fourth-order valence-corrected chi connectivity index (χ4v) is 2.34. The molecule has 0 saturated carbocycles. The van der Waals surface area contributed by atoms with Crippen LogP contribution >= 0.6 is 0 Å². The van der Waals surface area contributed by atoms with E-state index in [1.807, 2.05) is 0 Å². The number of aliphatic imine (C=N–C) groups is 1. The minimum absolute atomic E-state index is 0.0444. The minimum Gasteiger partial charge on any atom is -0.508 e. The molecule has 0 aliphatic carbocycles. The summed E-state index contributed by atoms with van der Waals surface area (Å²) in [4.78, 5) is 23.5. The van der Waals surface area contributed by atoms with E-state index < -0.39 is 11.8 Å². The SMILES string of the molecule is CCOC(=O)/C=N/c1cccc(Nc2ncc(F)c(Nc3cccc(O)c3)n2)c1. The van der Waals surface area contributed by atoms with Crippen molar-refractivity contribution >= 4 is 41.0 Å². The van der Waals surface area contributed by atoms with Crippen LogP contribution in [0, 0.1) is 5.82 Å². The van der Waals surface area contributed by atoms with Crippen LogP contribution in [-0.2, 0) is 9.53 Å². The molecule has 9 heteroatoms. The van der Waals surface area contributed by atoms with Gasteiger partial charge in [-0.1, -0.05) is 12.1 Å². The Labute approximate surface area is 166 Å². The van der Waals surface area contributed by atoms with Gasteiger partial charge in [-0.05, 0) is 37.3 Å². The third-order valence-corrected chi connectivity index (χ3v) is 3.56. The normalized spacial score (nSPS) is 10.7. The molecule has 29 heavy (non-hydrogen) atoms. The number of phenols is 1. The molecule has 2 aromatic carbocycles. The van der Waals surface area contributed by atoms with Crippen LogP contribution in [0.1, 0.15) is 6.92 Å². The predicted octanol–water partition coefficient (Wildman–Crippen LogP) is 4.07. The Morgan fingerprint density at radius 1 is 1.21 bits per heavy atom. The maximum Gasteiger partial charge on any atom is 0.349 e. The number of carbonyl (C=O) groups excluding carboxylic acids is 1. The number of nitrogens with one attached hydrogen (secondary N) is 2. The number of rotatable bonds is 7. The van der Waals surface area contributed by atoms with Crippen LogP contribution in [-0.4, -0.2) is 33.9 Å². The van der Waals surface area contributed by atoms with Crippen LogP contribution in [0.25, 0.3) is 0 Å². The van der Waals surface area contributed by atoms with Gasteiger partial charge in [0, 0.05) is 17.4 Å². The van der Waals surface area contributed by atoms with Crippen molar-refractivity contribution in [3.8, 4) is 5.75 Å². The number of phenolic OH excluding ortho intramolecular Hbond substituents is 1. The number of anilines is 4. The van der Waals surface area contributed by atoms with Crippen LogP contribution < -0.4 is 10.6 Å². The summed E-state index contributed by atoms with van der Waals surface area (Å²) in [7, 11) is 0. The van der Waals surface area contributed by atoms with Gasteiger partial charge in [0.15, 0.2) is 11.6 Å². The van der Waals surface area contributed by atoms with Crippen molar-refractivity contribution in [2.75, 3.05) is 17.2 Å². The number of hydrogen-bond donors (Lipinski definition) is 3. The summed E-state index contributed by atoms with van der Waals surface area (Å²) in [5.41, 5.74) is 1.59. The Bertz CT molecular complexity index is 1040. The molecular formula is C20H18FN5O3. The Morgan fingerprint density at radius 3 is 2.72 bits per heavy atom. The number of benzene rings is 2. The van der Waals surface area contributed by atoms with E-state index in [-0.39, 0.29) is 24.1 Å². The second-order valence-electron chi connectivity index (χ2n) is 5.75. The highest BCUT2D eigenvalue weighted by molar-refractivity contribution is 6.23. The van der Waals surface area contributed by atoms with Crippen LogP contribution in [0.3, 0.4) is 0 Å². The van der Waals surface area contributed by atoms with Crippen molar-refractivity contribution in [3.05, 3.63) is 60.5 Å². The molecule has 3 N–H and O–H groups in total. The number of aromatic hydroxyl groups is 1. The second kappa shape index (κ2) is 9.27. The first-order valence-corrected chi connectivity index (χ1v) is 8.70. The van der Waals surface area contributed by atoms with Crippen LogP contribution in [0.4, 0.5) is 33.2 Å². The summed E-state index contributed by atoms with van der Waals surface area (Å²) in [6.07, 6.45) is 2.12. The lowest BCUT2D eigenvalue weighted by atomic mass is 10.3. The molecule has 148 valence electrons. The molecule has 0 aliphatic heterocycles. The van der Waals surface area contributed by atoms with E-state index in [0.29, 0.717) is 17.1 Å². The quantitative estimate of drug-likeness (QED) is 0.409. The first kappa shape index (κ1) is 19.7. The Hall–Kier alpha value is -4.01. The van der Waals surface area contributed by atoms with Gasteiger partial charge in [-0.3, -0.25) is 0 Å². The van der Waals surface area contributed by atoms with Crippen molar-refractivity contribution in [2.24, 2.45) is 4.99 Å². The van der Waals surface area contributed by atoms with E-state index in [1.165, 1.54) is 12.1 Å². The number of nitrogens with zero attached hydrogens (tertiary/aromatic N) is 3. The average Bonchev–Trinajstić information content (AvgIpc) is 2.70. The van der Waals surface area contributed by atoms with Crippen molar-refractivity contribution in [1.29, 1.82) is 0 Å². The summed E-state index contributed by atoms with van der Waals surface area (Å²) in [5.74, 6) is -1.03. The van der Waals surface area contributed by atoms with E-state index in [9.17, 15) is 14.3 Å². The summed E-state index contributed by atoms with van der Waals surface area (Å²) in [6, 6.07) is 13.1. The van der Waals surface area contributed by atoms with Gasteiger partial charge in [0.05, 0.1) is 18.5 Å². The van der Waals surface area contributed by atoms with Gasteiger partial charge in [-0.15, -0.1) is 0 Å². The molecule has 0 amide bonds. The van der Waals surface area contributed by atoms with Crippen molar-refractivity contribution in [3.63, 3.8) is 0 Å². The summed E-state index contributed by atoms with van der Waals surface area (Å²) < 4.78 is 18.8. The van der Waals surface area contributed by atoms with E-state index >= 15 is 0 Å². The summed E-state index contributed by atoms with van der Waals surface area (Å²) >= 11 is 0. The molecule has 0 radical (unpaired) electrons. The van der Waals surface area contributed by atoms with Gasteiger partial charge in [0.1, 0.15) is 12.0 Å². The fourth-order valence-electron chi connectivity index (χ4n) is 2.34. The zero-order valence-corrected chi connectivity index (χ0v) is 15.5. The molecule has 0 spiro atoms. The Kier molecular flexibility index (Phi) is 6.31. The highest BCUT2D eigenvalue weighted by atomic mass is 19.1. The van der Waals surface area contributed by atoms with E-state index in [0.717, 1.165) is 12.4 Å². The summed E-state index contributed by atoms with van der Waals surface area (Å²) in [6.45, 7) is 1.98. The molecule has 0 bridgehead atoms. The third-order valence-electron chi connectivity index (χ3n) is 3.56. The van der Waals surface area contributed by atoms with E-state index in [4.69, 9.17) is 4.74 Å². The van der Waals surface area contributed by atoms with Gasteiger partial charge < -0.3 is 20.5 Å². The van der Waals surface area contributed by atoms with E-state index in [2.05, 4.69) is 25.6 Å². The van der Waals surface area contributed by atoms with Gasteiger partial charge in [0.25, 0.3) is 0 Å². The van der Waals surface area contributed by atoms with Gasteiger partial charge in [-0.2, -0.15) is 4.98 Å². The lowest BCUT2D eigenvalue weighted by Gasteiger charge is -2.10. The number of carbonyl (C=O) groups is 1. The Balaban J connectivity index is 1.75. The number of hydrogen-bond acceptors (Lipinski definition) is 8. The fraction of sp³-hybridized carbons (Fsp3) is 0.100. The van der Waals surface area contributed by atoms with Gasteiger partial charge in [0.2, 0.25) is 5.95 Å². The van der Waals surface area contributed by atoms with Crippen molar-refractivity contribution < 1.29 is 19.0 Å². The topological polar surface area (TPSA) is 109 Å². The van der Waals surface area contributed by atoms with Crippen LogP contribution in [0.15, 0.2) is 59.7 Å². The highest BCUT2D eigenvalue weighted by Gasteiger charge is 2.08. The molecule has 0 aliphatic rings. The zero-order chi connectivity index (χ0) is 20.6. The van der Waals surface area contributed by atoms with Crippen LogP contribution in [0.5, 0.6) is 5.75 Å². The monoisotopic (exact) mass is 395 g/mol. The van der Waals surface area contributed by atoms with Gasteiger partial charge in [-0.25, -0.2) is 19.2 Å². The highest BCUT2D eigenvalue weighted by Crippen LogP contribution is 2.24. The van der Waals surface area contributed by atoms with Crippen molar-refractivity contribution in [1.82, 2.24) is 9.97 Å². The predicted molar refractivity (Wildman–Crippen MR) is 108 cm³/mol. The molecule has 0 unspecified atom stereocenters. The lowest BCUT2D eigenvalue weighted by molar-refractivity contribution is -0.134. The molecule has 0 saturated heterocycles. The second-order valence-corrected chi connectivity index (χ2v) is 5.75. The minimum atomic E-state index is -0.647. The molecule has 8 nitrogen and oxygen atoms in total. The zero-order valence-electron chi connectivity index (χ0n) is 15.5. The van der Waals surface area contributed by atoms with Crippen molar-refractivity contribution in [2.45, 2.75) is 6.92 Å². The Morgan fingerprint density at radius 2 is 1.97 bits per heavy atom. The van der Waals surface area contributed by atoms with Crippen LogP contribution in [0.2, 0.25) is 0 Å². The number of esters is 1. The molecule has 3 aromatic rings. The van der Waals surface area contributed by atoms with E-state index in [1.54, 1.807) is 43.3 Å². The maximum atomic E-state index is 14.1. The lowest BCUT2D eigenvalue weighted by Crippen LogP contribution is -2.04. The molecule has 3 rings (SSSR count). The maximum absolute atomic E-state index is 14.1. The summed E-state index contributed by atoms with van der Waals surface area (Å²) in [5, 5.41) is 15.3. The first-order valence-electron chi connectivity index (χ1n) is 8.70. The first-order chi connectivity index (χ1) is 14.0. The largest absolute Gasteiger partial charge is 0.508 e. The average molecular weight is 395 g/mol. The number of aromatic nitrogens is 2. The smallest absolute Gasteiger partial charge is 0.349 e. The third kappa shape index (κ3) is 5.73. The standard InChI is InChI=1S/C20H18FN5O3/c1-2-29-18(28)12-22-13-5-3-6-14(9-13)25-20-23-11-17(21)19(26-20)24-15-7-4-8-16(27)10-15/h3-12,27H,2H2,1H3,(H2,23,24,25,26)/b22-12+. The molecule has 1 heterocycles. The molecule has 0 fully saturated rings. The molecule has 0 atom stereocenters. The number of ether oxygens (including phenoxy) is 1.